The number of nitrogens with zero attached hydrogens (tertiary/aromatic N) is 2. The molecule has 0 radical (unpaired) electrons. The number of halogens is 1. The SMILES string of the molecule is CN1CCCC(N(C)c2ccc(Cl)cc2CNC2CC2)C1. The summed E-state index contributed by atoms with van der Waals surface area (Å²) in [5.74, 6) is 0. The van der Waals surface area contributed by atoms with Gasteiger partial charge in [-0.2, -0.15) is 0 Å². The van der Waals surface area contributed by atoms with Gasteiger partial charge in [0.15, 0.2) is 0 Å². The minimum absolute atomic E-state index is 0.601. The van der Waals surface area contributed by atoms with Crippen molar-refractivity contribution < 1.29 is 0 Å². The number of hydrogen-bond acceptors (Lipinski definition) is 3. The molecule has 1 aromatic carbocycles. The van der Waals surface area contributed by atoms with Crippen molar-refractivity contribution in [1.29, 1.82) is 0 Å². The Morgan fingerprint density at radius 2 is 2.14 bits per heavy atom. The second-order valence-corrected chi connectivity index (χ2v) is 7.03. The largest absolute Gasteiger partial charge is 0.370 e. The molecule has 2 aliphatic rings. The quantitative estimate of drug-likeness (QED) is 0.901. The highest BCUT2D eigenvalue weighted by atomic mass is 35.5. The predicted molar refractivity (Wildman–Crippen MR) is 90.2 cm³/mol. The number of likely N-dealkylation sites (N-methyl/N-ethyl adjacent to an activating group) is 2. The van der Waals surface area contributed by atoms with Crippen LogP contribution in [0.15, 0.2) is 18.2 Å². The molecule has 1 saturated heterocycles. The summed E-state index contributed by atoms with van der Waals surface area (Å²) in [6.45, 7) is 3.29. The first-order valence-electron chi connectivity index (χ1n) is 8.06. The zero-order valence-corrected chi connectivity index (χ0v) is 13.9. The summed E-state index contributed by atoms with van der Waals surface area (Å²) in [5.41, 5.74) is 2.65. The van der Waals surface area contributed by atoms with Crippen LogP contribution in [0, 0.1) is 0 Å². The van der Waals surface area contributed by atoms with Crippen LogP contribution in [0.2, 0.25) is 5.02 Å². The van der Waals surface area contributed by atoms with Crippen LogP contribution in [0.5, 0.6) is 0 Å². The third-order valence-electron chi connectivity index (χ3n) is 4.73. The Kier molecular flexibility index (Phi) is 4.72. The first-order chi connectivity index (χ1) is 10.1. The molecule has 1 saturated carbocycles. The van der Waals surface area contributed by atoms with Gasteiger partial charge < -0.3 is 15.1 Å². The monoisotopic (exact) mass is 307 g/mol. The molecule has 1 N–H and O–H groups in total. The van der Waals surface area contributed by atoms with E-state index < -0.39 is 0 Å². The average molecular weight is 308 g/mol. The lowest BCUT2D eigenvalue weighted by Crippen LogP contribution is -2.45. The van der Waals surface area contributed by atoms with Crippen molar-refractivity contribution in [2.45, 2.75) is 44.3 Å². The zero-order chi connectivity index (χ0) is 14.8. The van der Waals surface area contributed by atoms with Crippen LogP contribution < -0.4 is 10.2 Å². The molecule has 3 nitrogen and oxygen atoms in total. The second-order valence-electron chi connectivity index (χ2n) is 6.60. The molecule has 0 aromatic heterocycles. The van der Waals surface area contributed by atoms with Crippen molar-refractivity contribution in [3.8, 4) is 0 Å². The van der Waals surface area contributed by atoms with Crippen LogP contribution in [0.3, 0.4) is 0 Å². The fraction of sp³-hybridized carbons (Fsp3) is 0.647. The highest BCUT2D eigenvalue weighted by Gasteiger charge is 2.24. The standard InChI is InChI=1S/C17H26ClN3/c1-20-9-3-4-16(12-20)21(2)17-8-5-14(18)10-13(17)11-19-15-6-7-15/h5,8,10,15-16,19H,3-4,6-7,9,11-12H2,1-2H3. The van der Waals surface area contributed by atoms with Gasteiger partial charge in [-0.05, 0) is 63.0 Å². The molecule has 1 unspecified atom stereocenters. The van der Waals surface area contributed by atoms with Gasteiger partial charge in [-0.15, -0.1) is 0 Å². The van der Waals surface area contributed by atoms with Gasteiger partial charge in [0.25, 0.3) is 0 Å². The van der Waals surface area contributed by atoms with Crippen LogP contribution >= 0.6 is 11.6 Å². The fourth-order valence-electron chi connectivity index (χ4n) is 3.23. The van der Waals surface area contributed by atoms with Crippen LogP contribution in [0.25, 0.3) is 0 Å². The maximum Gasteiger partial charge on any atom is 0.0414 e. The highest BCUT2D eigenvalue weighted by molar-refractivity contribution is 6.30. The Morgan fingerprint density at radius 3 is 2.86 bits per heavy atom. The first-order valence-corrected chi connectivity index (χ1v) is 8.44. The summed E-state index contributed by atoms with van der Waals surface area (Å²) >= 11 is 6.21. The zero-order valence-electron chi connectivity index (χ0n) is 13.1. The van der Waals surface area contributed by atoms with E-state index >= 15 is 0 Å². The Labute approximate surface area is 133 Å². The molecule has 1 aliphatic carbocycles. The van der Waals surface area contributed by atoms with Gasteiger partial charge in [-0.1, -0.05) is 11.6 Å². The van der Waals surface area contributed by atoms with E-state index in [4.69, 9.17) is 11.6 Å². The number of piperidine rings is 1. The molecule has 0 bridgehead atoms. The fourth-order valence-corrected chi connectivity index (χ4v) is 3.43. The summed E-state index contributed by atoms with van der Waals surface area (Å²) in [4.78, 5) is 4.89. The number of benzene rings is 1. The van der Waals surface area contributed by atoms with Gasteiger partial charge in [0.1, 0.15) is 0 Å². The van der Waals surface area contributed by atoms with E-state index in [1.54, 1.807) is 0 Å². The van der Waals surface area contributed by atoms with E-state index in [1.165, 1.54) is 43.5 Å². The van der Waals surface area contributed by atoms with E-state index in [0.29, 0.717) is 6.04 Å². The van der Waals surface area contributed by atoms with E-state index in [-0.39, 0.29) is 0 Å². The lowest BCUT2D eigenvalue weighted by molar-refractivity contribution is 0.248. The van der Waals surface area contributed by atoms with E-state index in [1.807, 2.05) is 6.07 Å². The topological polar surface area (TPSA) is 18.5 Å². The molecule has 3 rings (SSSR count). The van der Waals surface area contributed by atoms with Crippen molar-refractivity contribution in [3.05, 3.63) is 28.8 Å². The number of hydrogen-bond donors (Lipinski definition) is 1. The molecule has 1 atom stereocenters. The van der Waals surface area contributed by atoms with Crippen molar-refractivity contribution in [2.24, 2.45) is 0 Å². The molecule has 1 heterocycles. The summed E-state index contributed by atoms with van der Waals surface area (Å²) in [7, 11) is 4.45. The van der Waals surface area contributed by atoms with Crippen molar-refractivity contribution in [3.63, 3.8) is 0 Å². The Morgan fingerprint density at radius 1 is 1.33 bits per heavy atom. The summed E-state index contributed by atoms with van der Waals surface area (Å²) in [5, 5.41) is 4.45. The summed E-state index contributed by atoms with van der Waals surface area (Å²) < 4.78 is 0. The third kappa shape index (κ3) is 3.91. The van der Waals surface area contributed by atoms with Crippen LogP contribution in [-0.2, 0) is 6.54 Å². The van der Waals surface area contributed by atoms with Crippen molar-refractivity contribution in [1.82, 2.24) is 10.2 Å². The van der Waals surface area contributed by atoms with Gasteiger partial charge >= 0.3 is 0 Å². The van der Waals surface area contributed by atoms with Crippen LogP contribution in [0.4, 0.5) is 5.69 Å². The van der Waals surface area contributed by atoms with Crippen LogP contribution in [-0.4, -0.2) is 44.2 Å². The minimum Gasteiger partial charge on any atom is -0.370 e. The molecule has 2 fully saturated rings. The lowest BCUT2D eigenvalue weighted by Gasteiger charge is -2.38. The molecule has 0 amide bonds. The molecule has 1 aromatic rings. The van der Waals surface area contributed by atoms with Gasteiger partial charge in [-0.3, -0.25) is 0 Å². The third-order valence-corrected chi connectivity index (χ3v) is 4.96. The second kappa shape index (κ2) is 6.55. The predicted octanol–water partition coefficient (Wildman–Crippen LogP) is 3.12. The minimum atomic E-state index is 0.601. The van der Waals surface area contributed by atoms with Crippen LogP contribution in [0.1, 0.15) is 31.2 Å². The Hall–Kier alpha value is -0.770. The van der Waals surface area contributed by atoms with E-state index in [0.717, 1.165) is 24.2 Å². The number of nitrogens with one attached hydrogen (secondary N) is 1. The van der Waals surface area contributed by atoms with Gasteiger partial charge in [0.05, 0.1) is 0 Å². The van der Waals surface area contributed by atoms with E-state index in [9.17, 15) is 0 Å². The molecular formula is C17H26ClN3. The molecular weight excluding hydrogens is 282 g/mol. The van der Waals surface area contributed by atoms with Crippen molar-refractivity contribution in [2.75, 3.05) is 32.1 Å². The van der Waals surface area contributed by atoms with Crippen molar-refractivity contribution >= 4 is 17.3 Å². The maximum absolute atomic E-state index is 6.21. The molecule has 1 aliphatic heterocycles. The van der Waals surface area contributed by atoms with Gasteiger partial charge in [-0.25, -0.2) is 0 Å². The number of likely N-dealkylation sites (tertiary alicyclic amines) is 1. The summed E-state index contributed by atoms with van der Waals surface area (Å²) in [6, 6.07) is 7.64. The van der Waals surface area contributed by atoms with E-state index in [2.05, 4.69) is 41.3 Å². The molecule has 4 heteroatoms. The average Bonchev–Trinajstić information content (AvgIpc) is 3.29. The first kappa shape index (κ1) is 15.1. The highest BCUT2D eigenvalue weighted by Crippen LogP contribution is 2.28. The van der Waals surface area contributed by atoms with Gasteiger partial charge in [0, 0.05) is 42.9 Å². The Balaban J connectivity index is 1.75. The maximum atomic E-state index is 6.21. The number of rotatable bonds is 5. The summed E-state index contributed by atoms with van der Waals surface area (Å²) in [6.07, 6.45) is 5.20. The molecule has 0 spiro atoms. The Bertz CT molecular complexity index is 487. The van der Waals surface area contributed by atoms with Gasteiger partial charge in [0.2, 0.25) is 0 Å². The smallest absolute Gasteiger partial charge is 0.0414 e. The molecule has 116 valence electrons. The number of anilines is 1. The molecule has 21 heavy (non-hydrogen) atoms. The lowest BCUT2D eigenvalue weighted by atomic mass is 10.0. The normalized spacial score (nSPS) is 23.3.